The first-order chi connectivity index (χ1) is 11.6. The molecule has 0 unspecified atom stereocenters. The van der Waals surface area contributed by atoms with E-state index in [0.29, 0.717) is 35.3 Å². The molecule has 2 aromatic carbocycles. The summed E-state index contributed by atoms with van der Waals surface area (Å²) in [6.07, 6.45) is 1.80. The summed E-state index contributed by atoms with van der Waals surface area (Å²) < 4.78 is 11.2. The van der Waals surface area contributed by atoms with Crippen molar-refractivity contribution in [1.29, 1.82) is 5.26 Å². The minimum Gasteiger partial charge on any atom is -0.490 e. The van der Waals surface area contributed by atoms with E-state index in [1.165, 1.54) is 0 Å². The molecule has 0 radical (unpaired) electrons. The van der Waals surface area contributed by atoms with Crippen molar-refractivity contribution in [3.05, 3.63) is 58.1 Å². The lowest BCUT2D eigenvalue weighted by Gasteiger charge is -2.13. The minimum absolute atomic E-state index is 0.468. The first kappa shape index (κ1) is 17.9. The zero-order chi connectivity index (χ0) is 17.5. The number of hydrogen-bond acceptors (Lipinski definition) is 3. The van der Waals surface area contributed by atoms with E-state index in [2.05, 4.69) is 6.07 Å². The SMILES string of the molecule is CCOc1cc(/C=C(\C#N)c2ccc(C)cc2)cc(Cl)c1OCC. The summed E-state index contributed by atoms with van der Waals surface area (Å²) in [7, 11) is 0. The Kier molecular flexibility index (Phi) is 6.28. The van der Waals surface area contributed by atoms with Gasteiger partial charge in [-0.15, -0.1) is 0 Å². The number of aryl methyl sites for hydroxylation is 1. The van der Waals surface area contributed by atoms with Crippen LogP contribution >= 0.6 is 11.6 Å². The fourth-order valence-corrected chi connectivity index (χ4v) is 2.57. The molecule has 0 aliphatic carbocycles. The summed E-state index contributed by atoms with van der Waals surface area (Å²) in [5, 5.41) is 9.95. The largest absolute Gasteiger partial charge is 0.490 e. The van der Waals surface area contributed by atoms with Crippen LogP contribution in [0.25, 0.3) is 11.6 Å². The molecule has 0 N–H and O–H groups in total. The van der Waals surface area contributed by atoms with Gasteiger partial charge < -0.3 is 9.47 Å². The molecule has 0 aromatic heterocycles. The third-order valence-electron chi connectivity index (χ3n) is 3.41. The predicted molar refractivity (Wildman–Crippen MR) is 98.5 cm³/mol. The average molecular weight is 342 g/mol. The number of benzene rings is 2. The fraction of sp³-hybridized carbons (Fsp3) is 0.250. The summed E-state index contributed by atoms with van der Waals surface area (Å²) in [5.41, 5.74) is 3.38. The smallest absolute Gasteiger partial charge is 0.179 e. The maximum absolute atomic E-state index is 9.48. The Morgan fingerprint density at radius 1 is 1.12 bits per heavy atom. The molecule has 0 fully saturated rings. The molecule has 4 heteroatoms. The standard InChI is InChI=1S/C20H20ClNO2/c1-4-23-19-12-15(11-18(21)20(19)24-5-2)10-17(13-22)16-8-6-14(3)7-9-16/h6-12H,4-5H2,1-3H3/b17-10+. The van der Waals surface area contributed by atoms with Gasteiger partial charge in [0.2, 0.25) is 0 Å². The van der Waals surface area contributed by atoms with E-state index in [1.54, 1.807) is 12.1 Å². The number of hydrogen-bond donors (Lipinski definition) is 0. The van der Waals surface area contributed by atoms with Gasteiger partial charge in [0, 0.05) is 0 Å². The lowest BCUT2D eigenvalue weighted by molar-refractivity contribution is 0.288. The van der Waals surface area contributed by atoms with Crippen LogP contribution in [-0.2, 0) is 0 Å². The monoisotopic (exact) mass is 341 g/mol. The van der Waals surface area contributed by atoms with E-state index < -0.39 is 0 Å². The number of ether oxygens (including phenoxy) is 2. The molecule has 0 amide bonds. The van der Waals surface area contributed by atoms with Crippen molar-refractivity contribution >= 4 is 23.3 Å². The van der Waals surface area contributed by atoms with Crippen LogP contribution in [-0.4, -0.2) is 13.2 Å². The van der Waals surface area contributed by atoms with Gasteiger partial charge in [0.15, 0.2) is 11.5 Å². The molecule has 0 saturated carbocycles. The lowest BCUT2D eigenvalue weighted by Crippen LogP contribution is -1.99. The zero-order valence-electron chi connectivity index (χ0n) is 14.1. The predicted octanol–water partition coefficient (Wildman–Crippen LogP) is 5.51. The number of nitrogens with zero attached hydrogens (tertiary/aromatic N) is 1. The lowest BCUT2D eigenvalue weighted by atomic mass is 10.0. The normalized spacial score (nSPS) is 11.0. The molecule has 2 aromatic rings. The van der Waals surface area contributed by atoms with E-state index in [-0.39, 0.29) is 0 Å². The van der Waals surface area contributed by atoms with Crippen molar-refractivity contribution < 1.29 is 9.47 Å². The summed E-state index contributed by atoms with van der Waals surface area (Å²) in [6.45, 7) is 6.82. The van der Waals surface area contributed by atoms with Gasteiger partial charge in [0.05, 0.1) is 29.9 Å². The maximum atomic E-state index is 9.48. The molecule has 0 heterocycles. The highest BCUT2D eigenvalue weighted by Gasteiger charge is 2.12. The highest BCUT2D eigenvalue weighted by molar-refractivity contribution is 6.32. The van der Waals surface area contributed by atoms with Gasteiger partial charge in [-0.2, -0.15) is 5.26 Å². The maximum Gasteiger partial charge on any atom is 0.179 e. The molecule has 0 atom stereocenters. The van der Waals surface area contributed by atoms with Gasteiger partial charge >= 0.3 is 0 Å². The quantitative estimate of drug-likeness (QED) is 0.514. The first-order valence-electron chi connectivity index (χ1n) is 7.87. The molecule has 0 bridgehead atoms. The van der Waals surface area contributed by atoms with Crippen molar-refractivity contribution in [3.63, 3.8) is 0 Å². The van der Waals surface area contributed by atoms with Crippen LogP contribution in [0.4, 0.5) is 0 Å². The van der Waals surface area contributed by atoms with Crippen molar-refractivity contribution in [2.45, 2.75) is 20.8 Å². The molecular weight excluding hydrogens is 322 g/mol. The van der Waals surface area contributed by atoms with Crippen LogP contribution in [0.5, 0.6) is 11.5 Å². The van der Waals surface area contributed by atoms with Crippen LogP contribution in [0.15, 0.2) is 36.4 Å². The van der Waals surface area contributed by atoms with Gasteiger partial charge in [-0.3, -0.25) is 0 Å². The van der Waals surface area contributed by atoms with Crippen LogP contribution in [0.2, 0.25) is 5.02 Å². The van der Waals surface area contributed by atoms with Gasteiger partial charge in [0.25, 0.3) is 0 Å². The van der Waals surface area contributed by atoms with Crippen molar-refractivity contribution in [2.75, 3.05) is 13.2 Å². The molecular formula is C20H20ClNO2. The van der Waals surface area contributed by atoms with Crippen molar-refractivity contribution in [3.8, 4) is 17.6 Å². The van der Waals surface area contributed by atoms with Crippen molar-refractivity contribution in [1.82, 2.24) is 0 Å². The van der Waals surface area contributed by atoms with Crippen molar-refractivity contribution in [2.24, 2.45) is 0 Å². The van der Waals surface area contributed by atoms with Gasteiger partial charge in [-0.05, 0) is 50.1 Å². The molecule has 2 rings (SSSR count). The van der Waals surface area contributed by atoms with E-state index in [4.69, 9.17) is 21.1 Å². The second kappa shape index (κ2) is 8.42. The molecule has 124 valence electrons. The third kappa shape index (κ3) is 4.31. The second-order valence-corrected chi connectivity index (χ2v) is 5.64. The highest BCUT2D eigenvalue weighted by Crippen LogP contribution is 2.37. The topological polar surface area (TPSA) is 42.2 Å². The third-order valence-corrected chi connectivity index (χ3v) is 3.70. The highest BCUT2D eigenvalue weighted by atomic mass is 35.5. The first-order valence-corrected chi connectivity index (χ1v) is 8.24. The zero-order valence-corrected chi connectivity index (χ0v) is 14.9. The average Bonchev–Trinajstić information content (AvgIpc) is 2.57. The Labute approximate surface area is 148 Å². The molecule has 24 heavy (non-hydrogen) atoms. The van der Waals surface area contributed by atoms with E-state index in [9.17, 15) is 5.26 Å². The Morgan fingerprint density at radius 2 is 1.79 bits per heavy atom. The second-order valence-electron chi connectivity index (χ2n) is 5.23. The Hall–Kier alpha value is -2.44. The van der Waals surface area contributed by atoms with Crippen LogP contribution in [0, 0.1) is 18.3 Å². The molecule has 0 aliphatic rings. The summed E-state index contributed by atoms with van der Waals surface area (Å²) in [4.78, 5) is 0. The van der Waals surface area contributed by atoms with Gasteiger partial charge in [-0.25, -0.2) is 0 Å². The molecule has 0 saturated heterocycles. The summed E-state index contributed by atoms with van der Waals surface area (Å²) in [6, 6.07) is 13.7. The number of rotatable bonds is 6. The Morgan fingerprint density at radius 3 is 2.38 bits per heavy atom. The molecule has 0 aliphatic heterocycles. The van der Waals surface area contributed by atoms with Crippen LogP contribution in [0.1, 0.15) is 30.5 Å². The molecule has 0 spiro atoms. The number of allylic oxidation sites excluding steroid dienone is 1. The summed E-state index contributed by atoms with van der Waals surface area (Å²) >= 11 is 6.33. The Bertz CT molecular complexity index is 773. The fourth-order valence-electron chi connectivity index (χ4n) is 2.30. The number of nitriles is 1. The molecule has 3 nitrogen and oxygen atoms in total. The van der Waals surface area contributed by atoms with Gasteiger partial charge in [0.1, 0.15) is 0 Å². The van der Waals surface area contributed by atoms with Crippen LogP contribution < -0.4 is 9.47 Å². The van der Waals surface area contributed by atoms with E-state index in [0.717, 1.165) is 16.7 Å². The van der Waals surface area contributed by atoms with E-state index in [1.807, 2.05) is 51.1 Å². The van der Waals surface area contributed by atoms with Gasteiger partial charge in [-0.1, -0.05) is 41.4 Å². The Balaban J connectivity index is 2.46. The van der Waals surface area contributed by atoms with Crippen LogP contribution in [0.3, 0.4) is 0 Å². The minimum atomic E-state index is 0.468. The summed E-state index contributed by atoms with van der Waals surface area (Å²) in [5.74, 6) is 1.12. The number of halogens is 1. The van der Waals surface area contributed by atoms with E-state index >= 15 is 0 Å².